The van der Waals surface area contributed by atoms with Crippen LogP contribution >= 0.6 is 0 Å². The lowest BCUT2D eigenvalue weighted by molar-refractivity contribution is -0.127. The maximum Gasteiger partial charge on any atom is 0.261 e. The Morgan fingerprint density at radius 3 is 2.35 bits per heavy atom. The summed E-state index contributed by atoms with van der Waals surface area (Å²) in [5.74, 6) is 0.578. The quantitative estimate of drug-likeness (QED) is 0.697. The second kappa shape index (κ2) is 7.61. The molecule has 2 unspecified atom stereocenters. The highest BCUT2D eigenvalue weighted by Gasteiger charge is 2.18. The van der Waals surface area contributed by atoms with Gasteiger partial charge in [0.05, 0.1) is 6.04 Å². The number of fused-ring (bicyclic) bond motifs is 1. The monoisotopic (exact) mass is 347 g/mol. The minimum atomic E-state index is -0.565. The topological polar surface area (TPSA) is 38.3 Å². The molecule has 1 N–H and O–H groups in total. The first-order chi connectivity index (χ1) is 12.4. The lowest BCUT2D eigenvalue weighted by Crippen LogP contribution is -2.37. The van der Waals surface area contributed by atoms with Crippen molar-refractivity contribution in [1.82, 2.24) is 5.32 Å². The number of aryl methyl sites for hydroxylation is 2. The van der Waals surface area contributed by atoms with Crippen molar-refractivity contribution in [3.63, 3.8) is 0 Å². The van der Waals surface area contributed by atoms with Crippen LogP contribution in [0, 0.1) is 13.8 Å². The van der Waals surface area contributed by atoms with Crippen LogP contribution < -0.4 is 10.1 Å². The second-order valence-electron chi connectivity index (χ2n) is 6.84. The Hall–Kier alpha value is -2.81. The smallest absolute Gasteiger partial charge is 0.261 e. The molecule has 0 fully saturated rings. The number of carbonyl (C=O) groups excluding carboxylic acids is 1. The summed E-state index contributed by atoms with van der Waals surface area (Å²) in [7, 11) is 0. The van der Waals surface area contributed by atoms with Crippen LogP contribution in [0.15, 0.2) is 60.7 Å². The van der Waals surface area contributed by atoms with E-state index in [2.05, 4.69) is 43.4 Å². The van der Waals surface area contributed by atoms with Gasteiger partial charge in [-0.05, 0) is 67.3 Å². The molecule has 0 aliphatic heterocycles. The van der Waals surface area contributed by atoms with Gasteiger partial charge in [-0.1, -0.05) is 48.5 Å². The molecule has 0 aliphatic rings. The molecule has 26 heavy (non-hydrogen) atoms. The van der Waals surface area contributed by atoms with E-state index < -0.39 is 6.10 Å². The molecule has 0 bridgehead atoms. The predicted octanol–water partition coefficient (Wildman–Crippen LogP) is 5.10. The Kier molecular flexibility index (Phi) is 5.27. The zero-order valence-corrected chi connectivity index (χ0v) is 15.7. The summed E-state index contributed by atoms with van der Waals surface area (Å²) in [5.41, 5.74) is 3.57. The fraction of sp³-hybridized carbons (Fsp3) is 0.261. The van der Waals surface area contributed by atoms with E-state index in [1.807, 2.05) is 43.3 Å². The molecule has 3 heteroatoms. The highest BCUT2D eigenvalue weighted by atomic mass is 16.5. The van der Waals surface area contributed by atoms with Gasteiger partial charge < -0.3 is 10.1 Å². The predicted molar refractivity (Wildman–Crippen MR) is 107 cm³/mol. The fourth-order valence-corrected chi connectivity index (χ4v) is 2.95. The average molecular weight is 347 g/mol. The van der Waals surface area contributed by atoms with Gasteiger partial charge in [0.15, 0.2) is 6.10 Å². The van der Waals surface area contributed by atoms with Gasteiger partial charge in [-0.3, -0.25) is 4.79 Å². The molecular formula is C23H25NO2. The molecule has 134 valence electrons. The van der Waals surface area contributed by atoms with Crippen LogP contribution in [0.25, 0.3) is 10.8 Å². The van der Waals surface area contributed by atoms with Gasteiger partial charge in [0.2, 0.25) is 0 Å². The standard InChI is InChI=1S/C23H25NO2/c1-15-9-10-20(13-16(15)2)17(3)24-23(25)18(4)26-22-12-11-19-7-5-6-8-21(19)14-22/h5-14,17-18H,1-4H3,(H,24,25). The zero-order chi connectivity index (χ0) is 18.7. The summed E-state index contributed by atoms with van der Waals surface area (Å²) in [6.45, 7) is 7.93. The van der Waals surface area contributed by atoms with Crippen molar-refractivity contribution < 1.29 is 9.53 Å². The highest BCUT2D eigenvalue weighted by Crippen LogP contribution is 2.22. The molecule has 2 atom stereocenters. The Morgan fingerprint density at radius 2 is 1.62 bits per heavy atom. The number of rotatable bonds is 5. The van der Waals surface area contributed by atoms with Gasteiger partial charge in [0, 0.05) is 0 Å². The van der Waals surface area contributed by atoms with Crippen LogP contribution in [0.3, 0.4) is 0 Å². The number of carbonyl (C=O) groups is 1. The molecule has 3 nitrogen and oxygen atoms in total. The SMILES string of the molecule is Cc1ccc(C(C)NC(=O)C(C)Oc2ccc3ccccc3c2)cc1C. The number of benzene rings is 3. The summed E-state index contributed by atoms with van der Waals surface area (Å²) in [4.78, 5) is 12.5. The summed E-state index contributed by atoms with van der Waals surface area (Å²) in [6, 6.07) is 20.2. The van der Waals surface area contributed by atoms with Crippen LogP contribution in [0.2, 0.25) is 0 Å². The largest absolute Gasteiger partial charge is 0.481 e. The molecular weight excluding hydrogens is 322 g/mol. The summed E-state index contributed by atoms with van der Waals surface area (Å²) in [6.07, 6.45) is -0.565. The Labute approximate surface area is 155 Å². The van der Waals surface area contributed by atoms with E-state index in [4.69, 9.17) is 4.74 Å². The highest BCUT2D eigenvalue weighted by molar-refractivity contribution is 5.84. The molecule has 0 aromatic heterocycles. The first-order valence-electron chi connectivity index (χ1n) is 8.97. The summed E-state index contributed by atoms with van der Waals surface area (Å²) < 4.78 is 5.85. The van der Waals surface area contributed by atoms with E-state index in [9.17, 15) is 4.79 Å². The molecule has 0 saturated carbocycles. The minimum Gasteiger partial charge on any atom is -0.481 e. The van der Waals surface area contributed by atoms with Crippen LogP contribution in [-0.4, -0.2) is 12.0 Å². The molecule has 3 aromatic rings. The van der Waals surface area contributed by atoms with E-state index in [0.717, 1.165) is 16.3 Å². The van der Waals surface area contributed by atoms with Gasteiger partial charge >= 0.3 is 0 Å². The van der Waals surface area contributed by atoms with Crippen LogP contribution in [0.5, 0.6) is 5.75 Å². The third-order valence-corrected chi connectivity index (χ3v) is 4.79. The minimum absolute atomic E-state index is 0.0653. The number of nitrogens with one attached hydrogen (secondary N) is 1. The van der Waals surface area contributed by atoms with Crippen LogP contribution in [-0.2, 0) is 4.79 Å². The molecule has 3 rings (SSSR count). The van der Waals surface area contributed by atoms with Crippen molar-refractivity contribution in [1.29, 1.82) is 0 Å². The van der Waals surface area contributed by atoms with E-state index >= 15 is 0 Å². The van der Waals surface area contributed by atoms with E-state index in [-0.39, 0.29) is 11.9 Å². The number of ether oxygens (including phenoxy) is 1. The van der Waals surface area contributed by atoms with E-state index in [1.54, 1.807) is 6.92 Å². The molecule has 0 radical (unpaired) electrons. The summed E-state index contributed by atoms with van der Waals surface area (Å²) >= 11 is 0. The Morgan fingerprint density at radius 1 is 0.885 bits per heavy atom. The van der Waals surface area contributed by atoms with Crippen LogP contribution in [0.4, 0.5) is 0 Å². The Bertz CT molecular complexity index is 932. The molecule has 3 aromatic carbocycles. The lowest BCUT2D eigenvalue weighted by atomic mass is 10.0. The summed E-state index contributed by atoms with van der Waals surface area (Å²) in [5, 5.41) is 5.29. The lowest BCUT2D eigenvalue weighted by Gasteiger charge is -2.20. The van der Waals surface area contributed by atoms with E-state index in [0.29, 0.717) is 5.75 Å². The van der Waals surface area contributed by atoms with Gasteiger partial charge in [0.1, 0.15) is 5.75 Å². The van der Waals surface area contributed by atoms with Gasteiger partial charge in [0.25, 0.3) is 5.91 Å². The second-order valence-corrected chi connectivity index (χ2v) is 6.84. The average Bonchev–Trinajstić information content (AvgIpc) is 2.63. The van der Waals surface area contributed by atoms with Gasteiger partial charge in [-0.2, -0.15) is 0 Å². The first kappa shape index (κ1) is 18.0. The number of amides is 1. The van der Waals surface area contributed by atoms with Gasteiger partial charge in [-0.15, -0.1) is 0 Å². The molecule has 0 aliphatic carbocycles. The molecule has 0 spiro atoms. The zero-order valence-electron chi connectivity index (χ0n) is 15.7. The number of hydrogen-bond acceptors (Lipinski definition) is 2. The van der Waals surface area contributed by atoms with E-state index in [1.165, 1.54) is 11.1 Å². The van der Waals surface area contributed by atoms with Crippen molar-refractivity contribution >= 4 is 16.7 Å². The fourth-order valence-electron chi connectivity index (χ4n) is 2.95. The Balaban J connectivity index is 1.65. The number of hydrogen-bond donors (Lipinski definition) is 1. The molecule has 0 saturated heterocycles. The third-order valence-electron chi connectivity index (χ3n) is 4.79. The molecule has 1 amide bonds. The third kappa shape index (κ3) is 4.05. The van der Waals surface area contributed by atoms with Crippen molar-refractivity contribution in [2.45, 2.75) is 39.8 Å². The maximum absolute atomic E-state index is 12.5. The van der Waals surface area contributed by atoms with Crippen molar-refractivity contribution in [2.24, 2.45) is 0 Å². The van der Waals surface area contributed by atoms with Gasteiger partial charge in [-0.25, -0.2) is 0 Å². The molecule has 0 heterocycles. The first-order valence-corrected chi connectivity index (χ1v) is 8.97. The van der Waals surface area contributed by atoms with Crippen molar-refractivity contribution in [2.75, 3.05) is 0 Å². The maximum atomic E-state index is 12.5. The van der Waals surface area contributed by atoms with Crippen LogP contribution in [0.1, 0.15) is 36.6 Å². The normalized spacial score (nSPS) is 13.2. The van der Waals surface area contributed by atoms with Crippen molar-refractivity contribution in [3.05, 3.63) is 77.4 Å². The van der Waals surface area contributed by atoms with Crippen molar-refractivity contribution in [3.8, 4) is 5.75 Å².